The summed E-state index contributed by atoms with van der Waals surface area (Å²) in [5.41, 5.74) is 0. The molecular weight excluding hydrogens is 238 g/mol. The van der Waals surface area contributed by atoms with E-state index in [1.165, 1.54) is 4.90 Å². The average molecular weight is 259 g/mol. The number of amides is 2. The number of aliphatic hydroxyl groups excluding tert-OH is 1. The molecule has 0 aromatic carbocycles. The van der Waals surface area contributed by atoms with Crippen LogP contribution in [0.2, 0.25) is 0 Å². The molecule has 18 heavy (non-hydrogen) atoms. The quantitative estimate of drug-likeness (QED) is 0.612. The number of likely N-dealkylation sites (tertiary alicyclic amines) is 1. The number of carboxylic acids is 1. The molecule has 1 fully saturated rings. The number of hydrogen-bond donors (Lipinski definition) is 3. The van der Waals surface area contributed by atoms with Crippen molar-refractivity contribution in [3.05, 3.63) is 0 Å². The zero-order chi connectivity index (χ0) is 13.9. The molecular formula is C11H21N3O4. The summed E-state index contributed by atoms with van der Waals surface area (Å²) in [6.07, 6.45) is -0.672. The Morgan fingerprint density at radius 2 is 2.11 bits per heavy atom. The number of nitrogens with one attached hydrogen (secondary N) is 1. The van der Waals surface area contributed by atoms with Crippen LogP contribution in [0.5, 0.6) is 0 Å². The summed E-state index contributed by atoms with van der Waals surface area (Å²) in [5, 5.41) is 21.1. The number of aliphatic hydroxyl groups is 1. The first-order valence-electron chi connectivity index (χ1n) is 5.94. The van der Waals surface area contributed by atoms with Gasteiger partial charge in [0.1, 0.15) is 6.04 Å². The molecule has 7 nitrogen and oxygen atoms in total. The first-order valence-corrected chi connectivity index (χ1v) is 5.94. The van der Waals surface area contributed by atoms with E-state index < -0.39 is 24.1 Å². The molecule has 104 valence electrons. The zero-order valence-corrected chi connectivity index (χ0v) is 11.0. The molecule has 1 unspecified atom stereocenters. The van der Waals surface area contributed by atoms with Crippen molar-refractivity contribution in [2.24, 2.45) is 0 Å². The third-order valence-electron chi connectivity index (χ3n) is 3.26. The van der Waals surface area contributed by atoms with Gasteiger partial charge in [-0.1, -0.05) is 0 Å². The molecule has 0 aromatic heterocycles. The van der Waals surface area contributed by atoms with E-state index >= 15 is 0 Å². The van der Waals surface area contributed by atoms with Crippen molar-refractivity contribution >= 4 is 12.0 Å². The van der Waals surface area contributed by atoms with Gasteiger partial charge in [-0.05, 0) is 21.0 Å². The van der Waals surface area contributed by atoms with Crippen LogP contribution in [0.15, 0.2) is 0 Å². The number of carboxylic acid groups (broad SMARTS) is 1. The molecule has 0 radical (unpaired) electrons. The van der Waals surface area contributed by atoms with Gasteiger partial charge >= 0.3 is 12.0 Å². The number of carbonyl (C=O) groups excluding carboxylic acids is 1. The van der Waals surface area contributed by atoms with Crippen LogP contribution in [0.4, 0.5) is 4.79 Å². The fourth-order valence-electron chi connectivity index (χ4n) is 1.79. The highest BCUT2D eigenvalue weighted by Gasteiger charge is 2.38. The van der Waals surface area contributed by atoms with E-state index in [2.05, 4.69) is 5.32 Å². The minimum atomic E-state index is -1.08. The number of aliphatic carboxylic acids is 1. The third-order valence-corrected chi connectivity index (χ3v) is 3.26. The Hall–Kier alpha value is -1.34. The minimum absolute atomic E-state index is 0.0686. The summed E-state index contributed by atoms with van der Waals surface area (Å²) in [7, 11) is 3.80. The summed E-state index contributed by atoms with van der Waals surface area (Å²) in [5.74, 6) is -1.08. The first kappa shape index (κ1) is 14.7. The average Bonchev–Trinajstić information content (AvgIpc) is 2.67. The van der Waals surface area contributed by atoms with Crippen LogP contribution < -0.4 is 5.32 Å². The fourth-order valence-corrected chi connectivity index (χ4v) is 1.79. The van der Waals surface area contributed by atoms with Crippen LogP contribution in [0.3, 0.4) is 0 Å². The Labute approximate surface area is 106 Å². The summed E-state index contributed by atoms with van der Waals surface area (Å²) in [6.45, 7) is 2.46. The van der Waals surface area contributed by atoms with Crippen molar-refractivity contribution in [2.45, 2.75) is 31.5 Å². The lowest BCUT2D eigenvalue weighted by atomic mass is 10.2. The number of hydrogen-bond acceptors (Lipinski definition) is 4. The van der Waals surface area contributed by atoms with Gasteiger partial charge in [0.15, 0.2) is 0 Å². The molecule has 0 bridgehead atoms. The molecule has 7 heteroatoms. The van der Waals surface area contributed by atoms with Gasteiger partial charge in [-0.2, -0.15) is 0 Å². The van der Waals surface area contributed by atoms with Gasteiger partial charge < -0.3 is 25.3 Å². The monoisotopic (exact) mass is 259 g/mol. The molecule has 0 aromatic rings. The highest BCUT2D eigenvalue weighted by atomic mass is 16.4. The van der Waals surface area contributed by atoms with Gasteiger partial charge in [0.25, 0.3) is 0 Å². The fraction of sp³-hybridized carbons (Fsp3) is 0.818. The van der Waals surface area contributed by atoms with Gasteiger partial charge in [-0.25, -0.2) is 9.59 Å². The van der Waals surface area contributed by atoms with Crippen LogP contribution in [0.1, 0.15) is 13.3 Å². The zero-order valence-electron chi connectivity index (χ0n) is 11.0. The predicted molar refractivity (Wildman–Crippen MR) is 65.3 cm³/mol. The van der Waals surface area contributed by atoms with Crippen molar-refractivity contribution in [3.63, 3.8) is 0 Å². The molecule has 3 N–H and O–H groups in total. The van der Waals surface area contributed by atoms with Gasteiger partial charge in [-0.15, -0.1) is 0 Å². The van der Waals surface area contributed by atoms with E-state index in [1.807, 2.05) is 25.9 Å². The Morgan fingerprint density at radius 1 is 1.50 bits per heavy atom. The maximum Gasteiger partial charge on any atom is 0.326 e. The molecule has 0 spiro atoms. The second-order valence-corrected chi connectivity index (χ2v) is 4.89. The second kappa shape index (κ2) is 6.01. The van der Waals surface area contributed by atoms with Gasteiger partial charge in [0.05, 0.1) is 6.10 Å². The van der Waals surface area contributed by atoms with Crippen molar-refractivity contribution in [1.29, 1.82) is 0 Å². The van der Waals surface area contributed by atoms with Crippen molar-refractivity contribution in [2.75, 3.05) is 27.2 Å². The van der Waals surface area contributed by atoms with Gasteiger partial charge in [-0.3, -0.25) is 0 Å². The highest BCUT2D eigenvalue weighted by Crippen LogP contribution is 2.18. The molecule has 1 aliphatic rings. The van der Waals surface area contributed by atoms with E-state index in [0.29, 0.717) is 6.54 Å². The van der Waals surface area contributed by atoms with Crippen LogP contribution in [-0.4, -0.2) is 77.4 Å². The Balaban J connectivity index is 2.52. The SMILES string of the molecule is CC(CNC(=O)N1C[C@@H](O)C[C@H]1C(=O)O)N(C)C. The van der Waals surface area contributed by atoms with Crippen molar-refractivity contribution in [1.82, 2.24) is 15.1 Å². The maximum atomic E-state index is 11.9. The lowest BCUT2D eigenvalue weighted by molar-refractivity contribution is -0.141. The van der Waals surface area contributed by atoms with Crippen molar-refractivity contribution in [3.8, 4) is 0 Å². The molecule has 1 rings (SSSR count). The largest absolute Gasteiger partial charge is 0.480 e. The number of rotatable bonds is 4. The van der Waals surface area contributed by atoms with Gasteiger partial charge in [0.2, 0.25) is 0 Å². The summed E-state index contributed by atoms with van der Waals surface area (Å²) >= 11 is 0. The smallest absolute Gasteiger partial charge is 0.326 e. The Morgan fingerprint density at radius 3 is 2.61 bits per heavy atom. The number of urea groups is 1. The lowest BCUT2D eigenvalue weighted by Crippen LogP contribution is -2.49. The Kier molecular flexibility index (Phi) is 4.92. The lowest BCUT2D eigenvalue weighted by Gasteiger charge is -2.24. The molecule has 0 aliphatic carbocycles. The number of β-amino-alcohol motifs (C(OH)–C–C–N with tert-alkyl or cyclic N) is 1. The first-order chi connectivity index (χ1) is 8.32. The van der Waals surface area contributed by atoms with Crippen LogP contribution in [0.25, 0.3) is 0 Å². The van der Waals surface area contributed by atoms with Gasteiger partial charge in [0, 0.05) is 25.6 Å². The van der Waals surface area contributed by atoms with E-state index in [9.17, 15) is 14.7 Å². The summed E-state index contributed by atoms with van der Waals surface area (Å²) in [6, 6.07) is -1.22. The standard InChI is InChI=1S/C11H21N3O4/c1-7(13(2)3)5-12-11(18)14-6-8(15)4-9(14)10(16)17/h7-9,15H,4-6H2,1-3H3,(H,12,18)(H,16,17)/t7?,8-,9-/m0/s1. The Bertz CT molecular complexity index is 321. The highest BCUT2D eigenvalue weighted by molar-refractivity contribution is 5.83. The van der Waals surface area contributed by atoms with E-state index in [-0.39, 0.29) is 19.0 Å². The van der Waals surface area contributed by atoms with Crippen LogP contribution in [-0.2, 0) is 4.79 Å². The molecule has 0 saturated carbocycles. The molecule has 2 amide bonds. The molecule has 3 atom stereocenters. The summed E-state index contributed by atoms with van der Waals surface area (Å²) < 4.78 is 0. The van der Waals surface area contributed by atoms with E-state index in [0.717, 1.165) is 0 Å². The molecule has 1 aliphatic heterocycles. The predicted octanol–water partition coefficient (Wildman–Crippen LogP) is -0.834. The third kappa shape index (κ3) is 3.58. The number of carbonyl (C=O) groups is 2. The van der Waals surface area contributed by atoms with Crippen molar-refractivity contribution < 1.29 is 19.8 Å². The normalized spacial score (nSPS) is 25.3. The van der Waals surface area contributed by atoms with Crippen LogP contribution >= 0.6 is 0 Å². The van der Waals surface area contributed by atoms with E-state index in [4.69, 9.17) is 5.11 Å². The maximum absolute atomic E-state index is 11.9. The number of nitrogens with zero attached hydrogens (tertiary/aromatic N) is 2. The topological polar surface area (TPSA) is 93.1 Å². The van der Waals surface area contributed by atoms with E-state index in [1.54, 1.807) is 0 Å². The second-order valence-electron chi connectivity index (χ2n) is 4.89. The number of likely N-dealkylation sites (N-methyl/N-ethyl adjacent to an activating group) is 1. The summed E-state index contributed by atoms with van der Waals surface area (Å²) in [4.78, 5) is 26.0. The van der Waals surface area contributed by atoms with Crippen LogP contribution in [0, 0.1) is 0 Å². The molecule has 1 saturated heterocycles. The molecule has 1 heterocycles. The minimum Gasteiger partial charge on any atom is -0.480 e.